The summed E-state index contributed by atoms with van der Waals surface area (Å²) in [5.74, 6) is 0. The molecule has 0 unspecified atom stereocenters. The van der Waals surface area contributed by atoms with Gasteiger partial charge >= 0.3 is 0 Å². The van der Waals surface area contributed by atoms with Gasteiger partial charge in [0.05, 0.1) is 0 Å². The molecule has 2 rings (SSSR count). The van der Waals surface area contributed by atoms with E-state index in [-0.39, 0.29) is 0 Å². The zero-order valence-corrected chi connectivity index (χ0v) is 13.1. The highest BCUT2D eigenvalue weighted by Crippen LogP contribution is 2.26. The van der Waals surface area contributed by atoms with Crippen LogP contribution in [0.4, 0.5) is 5.69 Å². The van der Waals surface area contributed by atoms with Gasteiger partial charge in [-0.1, -0.05) is 59.2 Å². The molecule has 0 saturated heterocycles. The van der Waals surface area contributed by atoms with E-state index in [0.29, 0.717) is 0 Å². The monoisotopic (exact) mass is 237 g/mol. The van der Waals surface area contributed by atoms with Crippen molar-refractivity contribution in [2.45, 2.75) is 54.9 Å². The summed E-state index contributed by atoms with van der Waals surface area (Å²) in [4.78, 5) is 2.31. The van der Waals surface area contributed by atoms with Gasteiger partial charge in [0, 0.05) is 19.3 Å². The van der Waals surface area contributed by atoms with Gasteiger partial charge in [-0.2, -0.15) is 0 Å². The first-order valence-electron chi connectivity index (χ1n) is 7.08. The molecule has 0 radical (unpaired) electrons. The molecule has 1 aromatic carbocycles. The van der Waals surface area contributed by atoms with Crippen molar-refractivity contribution in [2.24, 2.45) is 0 Å². The van der Waals surface area contributed by atoms with Crippen LogP contribution in [0.25, 0.3) is 0 Å². The smallest absolute Gasteiger partial charge is 0.0397 e. The molecule has 100 valence electrons. The van der Waals surface area contributed by atoms with Crippen molar-refractivity contribution in [3.8, 4) is 0 Å². The summed E-state index contributed by atoms with van der Waals surface area (Å²) >= 11 is 0. The van der Waals surface area contributed by atoms with E-state index in [9.17, 15) is 0 Å². The SMILES string of the molecule is CC.CC.CC.Cc1ccc2c(c1)CCN2C. The molecular formula is C16H31N. The fourth-order valence-corrected chi connectivity index (χ4v) is 1.70. The van der Waals surface area contributed by atoms with Crippen LogP contribution in [0, 0.1) is 6.92 Å². The maximum atomic E-state index is 2.31. The van der Waals surface area contributed by atoms with Crippen molar-refractivity contribution >= 4 is 5.69 Å². The lowest BCUT2D eigenvalue weighted by molar-refractivity contribution is 0.956. The zero-order chi connectivity index (χ0) is 13.8. The standard InChI is InChI=1S/C10H13N.3C2H6/c1-8-3-4-10-9(7-8)5-6-11(10)2;3*1-2/h3-4,7H,5-6H2,1-2H3;3*1-2H3. The Labute approximate surface area is 109 Å². The number of rotatable bonds is 0. The predicted octanol–water partition coefficient (Wildman–Crippen LogP) is 5.07. The Kier molecular flexibility index (Phi) is 12.4. The van der Waals surface area contributed by atoms with Crippen molar-refractivity contribution in [2.75, 3.05) is 18.5 Å². The molecule has 0 saturated carbocycles. The molecule has 1 aliphatic heterocycles. The van der Waals surface area contributed by atoms with Crippen molar-refractivity contribution in [1.82, 2.24) is 0 Å². The Hall–Kier alpha value is -0.980. The number of fused-ring (bicyclic) bond motifs is 1. The molecule has 0 bridgehead atoms. The van der Waals surface area contributed by atoms with Crippen LogP contribution in [0.3, 0.4) is 0 Å². The molecule has 0 spiro atoms. The Morgan fingerprint density at radius 3 is 2.00 bits per heavy atom. The average Bonchev–Trinajstić information content (AvgIpc) is 2.78. The molecule has 0 atom stereocenters. The molecular weight excluding hydrogens is 206 g/mol. The van der Waals surface area contributed by atoms with Crippen LogP contribution >= 0.6 is 0 Å². The number of anilines is 1. The van der Waals surface area contributed by atoms with Crippen LogP contribution in [0.5, 0.6) is 0 Å². The quantitative estimate of drug-likeness (QED) is 0.609. The molecule has 0 aliphatic carbocycles. The third-order valence-corrected chi connectivity index (χ3v) is 2.36. The maximum absolute atomic E-state index is 2.31. The highest BCUT2D eigenvalue weighted by molar-refractivity contribution is 5.58. The minimum absolute atomic E-state index is 1.18. The summed E-state index contributed by atoms with van der Waals surface area (Å²) in [6.07, 6.45) is 1.22. The minimum atomic E-state index is 1.18. The second kappa shape index (κ2) is 11.5. The number of benzene rings is 1. The van der Waals surface area contributed by atoms with E-state index in [1.165, 1.54) is 29.8 Å². The van der Waals surface area contributed by atoms with Gasteiger partial charge in [0.15, 0.2) is 0 Å². The predicted molar refractivity (Wildman–Crippen MR) is 82.2 cm³/mol. The van der Waals surface area contributed by atoms with Crippen molar-refractivity contribution in [1.29, 1.82) is 0 Å². The van der Waals surface area contributed by atoms with E-state index in [1.54, 1.807) is 0 Å². The second-order valence-electron chi connectivity index (χ2n) is 3.30. The van der Waals surface area contributed by atoms with Gasteiger partial charge in [0.25, 0.3) is 0 Å². The van der Waals surface area contributed by atoms with Gasteiger partial charge in [-0.15, -0.1) is 0 Å². The summed E-state index contributed by atoms with van der Waals surface area (Å²) in [5, 5.41) is 0. The Bertz CT molecular complexity index is 279. The third kappa shape index (κ3) is 5.76. The highest BCUT2D eigenvalue weighted by atomic mass is 15.1. The normalized spacial score (nSPS) is 10.9. The number of hydrogen-bond donors (Lipinski definition) is 0. The highest BCUT2D eigenvalue weighted by Gasteiger charge is 2.14. The molecule has 0 fully saturated rings. The first-order chi connectivity index (χ1) is 8.27. The molecule has 1 heteroatoms. The lowest BCUT2D eigenvalue weighted by Gasteiger charge is -2.11. The largest absolute Gasteiger partial charge is 0.374 e. The van der Waals surface area contributed by atoms with Crippen molar-refractivity contribution in [3.63, 3.8) is 0 Å². The van der Waals surface area contributed by atoms with Gasteiger partial charge in [-0.25, -0.2) is 0 Å². The van der Waals surface area contributed by atoms with E-state index >= 15 is 0 Å². The molecule has 1 aliphatic rings. The van der Waals surface area contributed by atoms with Gasteiger partial charge in [-0.05, 0) is 25.0 Å². The number of nitrogens with zero attached hydrogens (tertiary/aromatic N) is 1. The lowest BCUT2D eigenvalue weighted by Crippen LogP contribution is -2.12. The average molecular weight is 237 g/mol. The van der Waals surface area contributed by atoms with Gasteiger partial charge in [0.2, 0.25) is 0 Å². The summed E-state index contributed by atoms with van der Waals surface area (Å²) in [6, 6.07) is 6.69. The van der Waals surface area contributed by atoms with E-state index in [1.807, 2.05) is 41.5 Å². The minimum Gasteiger partial charge on any atom is -0.374 e. The van der Waals surface area contributed by atoms with Crippen LogP contribution in [-0.4, -0.2) is 13.6 Å². The van der Waals surface area contributed by atoms with Gasteiger partial charge in [0.1, 0.15) is 0 Å². The molecule has 1 nitrogen and oxygen atoms in total. The molecule has 0 N–H and O–H groups in total. The molecule has 17 heavy (non-hydrogen) atoms. The summed E-state index contributed by atoms with van der Waals surface area (Å²) < 4.78 is 0. The molecule has 0 amide bonds. The summed E-state index contributed by atoms with van der Waals surface area (Å²) in [7, 11) is 2.15. The summed E-state index contributed by atoms with van der Waals surface area (Å²) in [5.41, 5.74) is 4.29. The van der Waals surface area contributed by atoms with Crippen LogP contribution in [0.2, 0.25) is 0 Å². The van der Waals surface area contributed by atoms with Crippen molar-refractivity contribution in [3.05, 3.63) is 29.3 Å². The molecule has 0 aromatic heterocycles. The third-order valence-electron chi connectivity index (χ3n) is 2.36. The summed E-state index contributed by atoms with van der Waals surface area (Å²) in [6.45, 7) is 15.3. The van der Waals surface area contributed by atoms with E-state index < -0.39 is 0 Å². The first-order valence-corrected chi connectivity index (χ1v) is 7.08. The Morgan fingerprint density at radius 2 is 1.47 bits per heavy atom. The maximum Gasteiger partial charge on any atom is 0.0397 e. The molecule has 1 heterocycles. The Balaban J connectivity index is 0. The van der Waals surface area contributed by atoms with E-state index in [0.717, 1.165) is 0 Å². The fraction of sp³-hybridized carbons (Fsp3) is 0.625. The number of likely N-dealkylation sites (N-methyl/N-ethyl adjacent to an activating group) is 1. The van der Waals surface area contributed by atoms with Crippen LogP contribution in [0.1, 0.15) is 52.7 Å². The van der Waals surface area contributed by atoms with E-state index in [4.69, 9.17) is 0 Å². The first kappa shape index (κ1) is 18.4. The van der Waals surface area contributed by atoms with E-state index in [2.05, 4.69) is 37.1 Å². The van der Waals surface area contributed by atoms with Crippen molar-refractivity contribution < 1.29 is 0 Å². The van der Waals surface area contributed by atoms with Gasteiger partial charge < -0.3 is 4.90 Å². The van der Waals surface area contributed by atoms with Crippen LogP contribution in [0.15, 0.2) is 18.2 Å². The fourth-order valence-electron chi connectivity index (χ4n) is 1.70. The lowest BCUT2D eigenvalue weighted by atomic mass is 10.1. The van der Waals surface area contributed by atoms with Crippen LogP contribution < -0.4 is 4.90 Å². The Morgan fingerprint density at radius 1 is 0.941 bits per heavy atom. The van der Waals surface area contributed by atoms with Gasteiger partial charge in [-0.3, -0.25) is 0 Å². The van der Waals surface area contributed by atoms with Crippen LogP contribution in [-0.2, 0) is 6.42 Å². The molecule has 1 aromatic rings. The number of hydrogen-bond acceptors (Lipinski definition) is 1. The zero-order valence-electron chi connectivity index (χ0n) is 13.1. The second-order valence-corrected chi connectivity index (χ2v) is 3.30. The number of aryl methyl sites for hydroxylation is 1. The topological polar surface area (TPSA) is 3.24 Å².